The van der Waals surface area contributed by atoms with Crippen LogP contribution in [-0.4, -0.2) is 19.0 Å². The number of rotatable bonds is 7. The van der Waals surface area contributed by atoms with Gasteiger partial charge in [0.2, 0.25) is 4.77 Å². The van der Waals surface area contributed by atoms with E-state index in [1.165, 1.54) is 7.11 Å². The third kappa shape index (κ3) is 8.22. The summed E-state index contributed by atoms with van der Waals surface area (Å²) in [4.78, 5) is 26.4. The summed E-state index contributed by atoms with van der Waals surface area (Å²) in [6.45, 7) is 1.94. The fraction of sp³-hybridized carbons (Fsp3) is 0.0667. The monoisotopic (exact) mass is 613 g/mol. The number of ether oxygens (including phenoxy) is 1. The normalized spacial score (nSPS) is 11.9. The molecule has 1 N–H and O–H groups in total. The molecule has 0 unspecified atom stereocenters. The molecule has 0 saturated heterocycles. The Morgan fingerprint density at radius 2 is 1.07 bits per heavy atom. The smallest absolute Gasteiger partial charge is 0.359 e. The summed E-state index contributed by atoms with van der Waals surface area (Å²) in [6, 6.07) is 36.6. The van der Waals surface area contributed by atoms with Crippen molar-refractivity contribution in [3.8, 4) is 0 Å². The van der Waals surface area contributed by atoms with Crippen molar-refractivity contribution in [1.29, 1.82) is 0 Å². The van der Waals surface area contributed by atoms with E-state index in [-0.39, 0.29) is 10.5 Å². The molecule has 0 fully saturated rings. The molecule has 41 heavy (non-hydrogen) atoms. The van der Waals surface area contributed by atoms with E-state index in [1.807, 2.05) is 110 Å². The summed E-state index contributed by atoms with van der Waals surface area (Å²) in [6.07, 6.45) is 0. The number of aryl methyl sites for hydroxylation is 1. The van der Waals surface area contributed by atoms with Gasteiger partial charge in [-0.05, 0) is 67.1 Å². The zero-order valence-electron chi connectivity index (χ0n) is 22.0. The molecule has 0 aromatic heterocycles. The molecule has 1 amide bonds. The Kier molecular flexibility index (Phi) is 11.2. The molecule has 11 heteroatoms. The lowest BCUT2D eigenvalue weighted by Gasteiger charge is -2.27. The second-order valence-electron chi connectivity index (χ2n) is 8.53. The van der Waals surface area contributed by atoms with Crippen LogP contribution in [0.15, 0.2) is 126 Å². The molecule has 0 aliphatic heterocycles. The van der Waals surface area contributed by atoms with Crippen molar-refractivity contribution in [2.75, 3.05) is 7.11 Å². The number of nitrogens with one attached hydrogen (secondary N) is 1. The van der Waals surface area contributed by atoms with Crippen molar-refractivity contribution in [1.82, 2.24) is 5.32 Å². The summed E-state index contributed by atoms with van der Waals surface area (Å²) < 4.78 is 39.3. The molecule has 8 nitrogen and oxygen atoms in total. The molecule has 4 aromatic rings. The molecular weight excluding hydrogens is 588 g/mol. The maximum Gasteiger partial charge on any atom is 0.359 e. The molecule has 0 saturated carbocycles. The number of benzene rings is 4. The van der Waals surface area contributed by atoms with Gasteiger partial charge in [0.1, 0.15) is 15.9 Å². The van der Waals surface area contributed by atoms with E-state index >= 15 is 0 Å². The van der Waals surface area contributed by atoms with Gasteiger partial charge in [-0.3, -0.25) is 4.79 Å². The van der Waals surface area contributed by atoms with Crippen molar-refractivity contribution >= 4 is 46.7 Å². The quantitative estimate of drug-likeness (QED) is 0.182. The van der Waals surface area contributed by atoms with E-state index in [1.54, 1.807) is 12.1 Å². The molecule has 4 aromatic carbocycles. The first-order valence-corrected chi connectivity index (χ1v) is 15.4. The Labute approximate surface area is 245 Å². The third-order valence-corrected chi connectivity index (χ3v) is 10.9. The van der Waals surface area contributed by atoms with Crippen molar-refractivity contribution < 1.29 is 43.2 Å². The van der Waals surface area contributed by atoms with Crippen LogP contribution in [0.2, 0.25) is 0 Å². The zero-order valence-corrected chi connectivity index (χ0v) is 24.4. The number of amides is 1. The molecule has 0 radical (unpaired) electrons. The van der Waals surface area contributed by atoms with Crippen molar-refractivity contribution in [3.63, 3.8) is 0 Å². The number of carbonyl (C=O) groups excluding carboxylic acids is 2. The predicted octanol–water partition coefficient (Wildman–Crippen LogP) is 0.544. The number of hydrogen-bond donors (Lipinski definition) is 1. The number of carbonyl (C=O) groups is 2. The minimum absolute atomic E-state index is 0.0744. The van der Waals surface area contributed by atoms with Crippen LogP contribution in [-0.2, 0) is 9.53 Å². The van der Waals surface area contributed by atoms with Gasteiger partial charge in [0.15, 0.2) is 13.0 Å². The topological polar surface area (TPSA) is 148 Å². The van der Waals surface area contributed by atoms with Crippen LogP contribution in [0.5, 0.6) is 0 Å². The Morgan fingerprint density at radius 1 is 0.707 bits per heavy atom. The van der Waals surface area contributed by atoms with Gasteiger partial charge in [0.25, 0.3) is 5.91 Å². The average Bonchev–Trinajstić information content (AvgIpc) is 2.97. The third-order valence-electron chi connectivity index (χ3n) is 5.87. The van der Waals surface area contributed by atoms with Gasteiger partial charge in [-0.25, -0.2) is 23.4 Å². The van der Waals surface area contributed by atoms with Crippen LogP contribution in [0.4, 0.5) is 0 Å². The first-order valence-electron chi connectivity index (χ1n) is 12.0. The number of methoxy groups -OCH3 is 1. The fourth-order valence-electron chi connectivity index (χ4n) is 4.09. The van der Waals surface area contributed by atoms with Crippen LogP contribution in [0.25, 0.3) is 0 Å². The molecule has 4 rings (SSSR count). The number of hydrogen-bond acceptors (Lipinski definition) is 7. The SMILES string of the molecule is COC(=O)/C(NC(=O)c1ccc(C)cc1)=C(/Cl)[P+](c1ccccc1)(c1ccccc1)c1ccccc1.[O-][Cl+3]([O-])([O-])[O-]. The lowest BCUT2D eigenvalue weighted by Crippen LogP contribution is -2.68. The van der Waals surface area contributed by atoms with Crippen LogP contribution >= 0.6 is 18.9 Å². The van der Waals surface area contributed by atoms with Gasteiger partial charge < -0.3 is 10.1 Å². The molecular formula is C30H26Cl2NO7P. The highest BCUT2D eigenvalue weighted by Crippen LogP contribution is 2.64. The highest BCUT2D eigenvalue weighted by molar-refractivity contribution is 8.00. The minimum Gasteiger partial charge on any atom is -0.464 e. The number of halogens is 2. The van der Waals surface area contributed by atoms with E-state index < -0.39 is 29.4 Å². The van der Waals surface area contributed by atoms with E-state index in [4.69, 9.17) is 35.0 Å². The first kappa shape index (κ1) is 31.9. The maximum atomic E-state index is 13.2. The second kappa shape index (κ2) is 14.3. The Balaban J connectivity index is 0.000000850. The van der Waals surface area contributed by atoms with Crippen molar-refractivity contribution in [2.24, 2.45) is 0 Å². The molecule has 0 aliphatic carbocycles. The molecule has 0 aliphatic rings. The zero-order chi connectivity index (χ0) is 30.0. The van der Waals surface area contributed by atoms with Crippen LogP contribution < -0.4 is 39.9 Å². The highest BCUT2D eigenvalue weighted by atomic mass is 35.7. The van der Waals surface area contributed by atoms with E-state index in [0.717, 1.165) is 21.5 Å². The maximum absolute atomic E-state index is 13.2. The van der Waals surface area contributed by atoms with Crippen LogP contribution in [0, 0.1) is 17.2 Å². The highest BCUT2D eigenvalue weighted by Gasteiger charge is 2.52. The predicted molar refractivity (Wildman–Crippen MR) is 149 cm³/mol. The summed E-state index contributed by atoms with van der Waals surface area (Å²) in [5.41, 5.74) is 1.36. The summed E-state index contributed by atoms with van der Waals surface area (Å²) in [5.74, 6) is -1.16. The van der Waals surface area contributed by atoms with E-state index in [0.29, 0.717) is 5.56 Å². The van der Waals surface area contributed by atoms with E-state index in [2.05, 4.69) is 5.32 Å². The Hall–Kier alpha value is -3.59. The Bertz CT molecular complexity index is 1380. The summed E-state index contributed by atoms with van der Waals surface area (Å²) in [7, 11) is -6.46. The van der Waals surface area contributed by atoms with Gasteiger partial charge >= 0.3 is 5.97 Å². The lowest BCUT2D eigenvalue weighted by atomic mass is 10.1. The minimum atomic E-state index is -4.94. The average molecular weight is 614 g/mol. The molecule has 212 valence electrons. The van der Waals surface area contributed by atoms with Gasteiger partial charge in [-0.2, -0.15) is 0 Å². The van der Waals surface area contributed by atoms with Gasteiger partial charge in [0, 0.05) is 5.56 Å². The van der Waals surface area contributed by atoms with Crippen LogP contribution in [0.1, 0.15) is 15.9 Å². The molecule has 0 bridgehead atoms. The number of esters is 1. The molecule has 0 spiro atoms. The first-order chi connectivity index (χ1) is 19.5. The summed E-state index contributed by atoms with van der Waals surface area (Å²) >= 11 is 7.32. The standard InChI is InChI=1S/C30H25ClNO3P.ClHO4/c1-22-18-20-23(21-19-22)29(33)32-27(30(34)35-2)28(31)36(24-12-6-3-7-13-24,25-14-8-4-9-15-25)26-16-10-5-11-17-26;2-1(3,4)5/h3-21H,1-2H3;(H,2,3,4,5)/b28-27+;. The van der Waals surface area contributed by atoms with Gasteiger partial charge in [0.05, 0.1) is 7.11 Å². The van der Waals surface area contributed by atoms with Crippen molar-refractivity contribution in [2.45, 2.75) is 6.92 Å². The molecule has 0 heterocycles. The second-order valence-corrected chi connectivity index (χ2v) is 13.3. The summed E-state index contributed by atoms with van der Waals surface area (Å²) in [5, 5.41) is 5.61. The van der Waals surface area contributed by atoms with E-state index in [9.17, 15) is 9.59 Å². The van der Waals surface area contributed by atoms with Crippen LogP contribution in [0.3, 0.4) is 0 Å². The molecule has 0 atom stereocenters. The lowest BCUT2D eigenvalue weighted by molar-refractivity contribution is -2.00. The fourth-order valence-corrected chi connectivity index (χ4v) is 9.01. The van der Waals surface area contributed by atoms with Crippen molar-refractivity contribution in [3.05, 3.63) is 137 Å². The largest absolute Gasteiger partial charge is 0.464 e. The van der Waals surface area contributed by atoms with Gasteiger partial charge in [-0.1, -0.05) is 72.3 Å². The van der Waals surface area contributed by atoms with Gasteiger partial charge in [-0.15, -0.1) is 10.2 Å². The Morgan fingerprint density at radius 3 is 1.41 bits per heavy atom.